The van der Waals surface area contributed by atoms with Crippen LogP contribution in [0.4, 0.5) is 30.1 Å². The van der Waals surface area contributed by atoms with Crippen molar-refractivity contribution in [3.05, 3.63) is 40.2 Å². The number of methoxy groups -OCH3 is 2. The molecule has 3 aromatic rings. The van der Waals surface area contributed by atoms with Gasteiger partial charge in [-0.1, -0.05) is 0 Å². The van der Waals surface area contributed by atoms with Crippen molar-refractivity contribution >= 4 is 45.4 Å². The number of benzene rings is 1. The molecule has 0 spiro atoms. The van der Waals surface area contributed by atoms with Crippen LogP contribution in [0.25, 0.3) is 5.52 Å². The van der Waals surface area contributed by atoms with Crippen molar-refractivity contribution < 1.29 is 37.3 Å². The highest BCUT2D eigenvalue weighted by molar-refractivity contribution is 9.10. The van der Waals surface area contributed by atoms with E-state index < -0.39 is 41.4 Å². The summed E-state index contributed by atoms with van der Waals surface area (Å²) in [6.07, 6.45) is -1.52. The predicted octanol–water partition coefficient (Wildman–Crippen LogP) is 6.35. The number of piperidine rings is 1. The molecule has 1 aromatic carbocycles. The smallest absolute Gasteiger partial charge is 0.416 e. The SMILES string of the molecule is COc1ccc(CN(C(=O)OC(C)(C)C)c2nc(N[C@H]3CCN(C(=O)OC(C)(C)C)C[C@H]3F)nn3cc(F)c(Br)c23)c(OC)c1. The van der Waals surface area contributed by atoms with E-state index in [0.717, 1.165) is 6.20 Å². The lowest BCUT2D eigenvalue weighted by atomic mass is 10.0. The first-order valence-electron chi connectivity index (χ1n) is 14.3. The molecular formula is C30H39BrF2N6O6. The lowest BCUT2D eigenvalue weighted by molar-refractivity contribution is 0.0124. The summed E-state index contributed by atoms with van der Waals surface area (Å²) in [5.41, 5.74) is -0.865. The molecule has 246 valence electrons. The molecule has 2 aromatic heterocycles. The number of carbonyl (C=O) groups is 2. The van der Waals surface area contributed by atoms with Gasteiger partial charge in [-0.05, 0) is 76.0 Å². The Kier molecular flexibility index (Phi) is 10.00. The maximum Gasteiger partial charge on any atom is 0.416 e. The van der Waals surface area contributed by atoms with Crippen LogP contribution in [0.5, 0.6) is 11.5 Å². The van der Waals surface area contributed by atoms with Gasteiger partial charge in [0.25, 0.3) is 0 Å². The van der Waals surface area contributed by atoms with E-state index >= 15 is 4.39 Å². The number of likely N-dealkylation sites (tertiary alicyclic amines) is 1. The zero-order valence-corrected chi connectivity index (χ0v) is 28.2. The van der Waals surface area contributed by atoms with Crippen molar-refractivity contribution in [1.82, 2.24) is 19.5 Å². The average molecular weight is 698 g/mol. The van der Waals surface area contributed by atoms with Gasteiger partial charge < -0.3 is 29.2 Å². The van der Waals surface area contributed by atoms with Crippen LogP contribution < -0.4 is 19.7 Å². The number of halogens is 3. The van der Waals surface area contributed by atoms with Crippen LogP contribution in [0.1, 0.15) is 53.5 Å². The van der Waals surface area contributed by atoms with Gasteiger partial charge in [0, 0.05) is 18.2 Å². The molecule has 45 heavy (non-hydrogen) atoms. The second kappa shape index (κ2) is 13.2. The van der Waals surface area contributed by atoms with Crippen molar-refractivity contribution in [1.29, 1.82) is 0 Å². The number of hydrogen-bond donors (Lipinski definition) is 1. The van der Waals surface area contributed by atoms with E-state index in [0.29, 0.717) is 17.1 Å². The number of aromatic nitrogens is 3. The number of amides is 2. The molecule has 2 atom stereocenters. The quantitative estimate of drug-likeness (QED) is 0.301. The number of hydrogen-bond acceptors (Lipinski definition) is 9. The number of nitrogens with one attached hydrogen (secondary N) is 1. The van der Waals surface area contributed by atoms with Crippen LogP contribution >= 0.6 is 15.9 Å². The molecule has 1 saturated heterocycles. The second-order valence-corrected chi connectivity index (χ2v) is 13.4. The molecule has 2 amide bonds. The first-order chi connectivity index (χ1) is 21.0. The number of carbonyl (C=O) groups excluding carboxylic acids is 2. The molecule has 1 aliphatic rings. The fourth-order valence-corrected chi connectivity index (χ4v) is 5.13. The lowest BCUT2D eigenvalue weighted by Crippen LogP contribution is -2.51. The number of nitrogens with zero attached hydrogens (tertiary/aromatic N) is 5. The largest absolute Gasteiger partial charge is 0.497 e. The maximum absolute atomic E-state index is 15.4. The fraction of sp³-hybridized carbons (Fsp3) is 0.533. The van der Waals surface area contributed by atoms with Crippen LogP contribution in [-0.4, -0.2) is 82.4 Å². The van der Waals surface area contributed by atoms with Crippen LogP contribution in [0.2, 0.25) is 0 Å². The van der Waals surface area contributed by atoms with E-state index in [1.54, 1.807) is 59.7 Å². The highest BCUT2D eigenvalue weighted by atomic mass is 79.9. The summed E-state index contributed by atoms with van der Waals surface area (Å²) >= 11 is 3.26. The van der Waals surface area contributed by atoms with E-state index in [-0.39, 0.29) is 47.8 Å². The van der Waals surface area contributed by atoms with E-state index in [9.17, 15) is 14.0 Å². The fourth-order valence-electron chi connectivity index (χ4n) is 4.67. The molecule has 0 radical (unpaired) electrons. The normalized spacial score (nSPS) is 17.2. The number of alkyl halides is 1. The third-order valence-electron chi connectivity index (χ3n) is 6.71. The molecule has 0 unspecified atom stereocenters. The summed E-state index contributed by atoms with van der Waals surface area (Å²) in [6, 6.07) is 4.33. The summed E-state index contributed by atoms with van der Waals surface area (Å²) < 4.78 is 53.6. The average Bonchev–Trinajstić information content (AvgIpc) is 3.23. The van der Waals surface area contributed by atoms with Crippen molar-refractivity contribution in [3.63, 3.8) is 0 Å². The zero-order chi connectivity index (χ0) is 33.3. The molecule has 1 N–H and O–H groups in total. The molecule has 12 nitrogen and oxygen atoms in total. The van der Waals surface area contributed by atoms with Gasteiger partial charge in [0.1, 0.15) is 34.4 Å². The van der Waals surface area contributed by atoms with Gasteiger partial charge in [0.05, 0.1) is 44.0 Å². The number of ether oxygens (including phenoxy) is 4. The summed E-state index contributed by atoms with van der Waals surface area (Å²) in [6.45, 7) is 10.3. The monoisotopic (exact) mass is 696 g/mol. The Morgan fingerprint density at radius 1 is 1.11 bits per heavy atom. The molecule has 0 aliphatic carbocycles. The van der Waals surface area contributed by atoms with Crippen LogP contribution in [-0.2, 0) is 16.0 Å². The molecular weight excluding hydrogens is 658 g/mol. The van der Waals surface area contributed by atoms with Crippen LogP contribution in [0.15, 0.2) is 28.9 Å². The third kappa shape index (κ3) is 8.24. The van der Waals surface area contributed by atoms with E-state index in [4.69, 9.17) is 18.9 Å². The molecule has 0 bridgehead atoms. The van der Waals surface area contributed by atoms with E-state index in [1.807, 2.05) is 0 Å². The highest BCUT2D eigenvalue weighted by Crippen LogP contribution is 2.35. The molecule has 1 fully saturated rings. The van der Waals surface area contributed by atoms with Crippen molar-refractivity contribution in [2.45, 2.75) is 77.9 Å². The van der Waals surface area contributed by atoms with Gasteiger partial charge in [-0.15, -0.1) is 5.10 Å². The van der Waals surface area contributed by atoms with Gasteiger partial charge in [0.15, 0.2) is 11.6 Å². The van der Waals surface area contributed by atoms with Gasteiger partial charge >= 0.3 is 12.2 Å². The highest BCUT2D eigenvalue weighted by Gasteiger charge is 2.35. The minimum Gasteiger partial charge on any atom is -0.497 e. The molecule has 0 saturated carbocycles. The molecule has 1 aliphatic heterocycles. The number of anilines is 2. The van der Waals surface area contributed by atoms with Crippen molar-refractivity contribution in [2.75, 3.05) is 37.5 Å². The van der Waals surface area contributed by atoms with Gasteiger partial charge in [0.2, 0.25) is 5.95 Å². The van der Waals surface area contributed by atoms with Gasteiger partial charge in [-0.25, -0.2) is 22.9 Å². The Morgan fingerprint density at radius 2 is 1.80 bits per heavy atom. The molecule has 15 heteroatoms. The Bertz CT molecular complexity index is 1560. The van der Waals surface area contributed by atoms with Gasteiger partial charge in [-0.2, -0.15) is 4.98 Å². The third-order valence-corrected chi connectivity index (χ3v) is 7.46. The predicted molar refractivity (Wildman–Crippen MR) is 167 cm³/mol. The van der Waals surface area contributed by atoms with Crippen molar-refractivity contribution in [3.8, 4) is 11.5 Å². The summed E-state index contributed by atoms with van der Waals surface area (Å²) in [5.74, 6) is 0.266. The number of rotatable bonds is 7. The minimum absolute atomic E-state index is 0.00278. The van der Waals surface area contributed by atoms with Gasteiger partial charge in [-0.3, -0.25) is 4.90 Å². The Labute approximate surface area is 269 Å². The molecule has 3 heterocycles. The van der Waals surface area contributed by atoms with E-state index in [1.165, 1.54) is 28.5 Å². The first-order valence-corrected chi connectivity index (χ1v) is 15.1. The summed E-state index contributed by atoms with van der Waals surface area (Å²) in [7, 11) is 3.01. The Balaban J connectivity index is 1.72. The second-order valence-electron chi connectivity index (χ2n) is 12.6. The summed E-state index contributed by atoms with van der Waals surface area (Å²) in [4.78, 5) is 33.4. The minimum atomic E-state index is -1.49. The van der Waals surface area contributed by atoms with Crippen molar-refractivity contribution in [2.24, 2.45) is 0 Å². The Morgan fingerprint density at radius 3 is 2.40 bits per heavy atom. The topological polar surface area (TPSA) is 120 Å². The zero-order valence-electron chi connectivity index (χ0n) is 26.6. The maximum atomic E-state index is 15.4. The van der Waals surface area contributed by atoms with Crippen LogP contribution in [0.3, 0.4) is 0 Å². The first kappa shape index (κ1) is 34.0. The lowest BCUT2D eigenvalue weighted by Gasteiger charge is -2.36. The number of fused-ring (bicyclic) bond motifs is 1. The Hall–Kier alpha value is -3.88. The summed E-state index contributed by atoms with van der Waals surface area (Å²) in [5, 5.41) is 7.35. The molecule has 4 rings (SSSR count). The standard InChI is InChI=1S/C30H39BrF2N6O6/c1-29(2,3)44-27(40)37-12-11-21(19(32)15-37)34-26-35-25(24-23(31)20(33)16-39(24)36-26)38(28(41)45-30(4,5)6)14-17-9-10-18(42-7)13-22(17)43-8/h9-10,13,16,19,21H,11-12,14-15H2,1-8H3,(H,34,36)/t19-,21+/m1/s1. The van der Waals surface area contributed by atoms with E-state index in [2.05, 4.69) is 31.3 Å². The van der Waals surface area contributed by atoms with Crippen LogP contribution in [0, 0.1) is 5.82 Å².